The third-order valence-electron chi connectivity index (χ3n) is 2.04. The smallest absolute Gasteiger partial charge is 0.212 e. The average Bonchev–Trinajstić information content (AvgIpc) is 2.29. The van der Waals surface area contributed by atoms with E-state index in [9.17, 15) is 4.79 Å². The summed E-state index contributed by atoms with van der Waals surface area (Å²) in [7, 11) is 0. The third-order valence-corrected chi connectivity index (χ3v) is 2.04. The van der Waals surface area contributed by atoms with Crippen molar-refractivity contribution in [2.24, 2.45) is 0 Å². The maximum atomic E-state index is 11.9. The summed E-state index contributed by atoms with van der Waals surface area (Å²) in [6.45, 7) is 1.86. The third kappa shape index (κ3) is 2.07. The number of pyridine rings is 2. The Morgan fingerprint density at radius 1 is 1.20 bits per heavy atom. The zero-order valence-electron chi connectivity index (χ0n) is 8.34. The minimum absolute atomic E-state index is 0.0909. The van der Waals surface area contributed by atoms with E-state index in [-0.39, 0.29) is 5.78 Å². The van der Waals surface area contributed by atoms with Crippen LogP contribution in [0, 0.1) is 6.92 Å². The predicted octanol–water partition coefficient (Wildman–Crippen LogP) is 2.02. The van der Waals surface area contributed by atoms with Crippen LogP contribution in [-0.2, 0) is 0 Å². The van der Waals surface area contributed by atoms with Gasteiger partial charge in [-0.15, -0.1) is 0 Å². The van der Waals surface area contributed by atoms with E-state index >= 15 is 0 Å². The molecular formula is C12H10N2O. The maximum absolute atomic E-state index is 11.9. The molecule has 0 aliphatic rings. The second-order valence-corrected chi connectivity index (χ2v) is 3.24. The molecule has 0 radical (unpaired) electrons. The molecule has 0 spiro atoms. The number of hydrogen-bond donors (Lipinski definition) is 0. The summed E-state index contributed by atoms with van der Waals surface area (Å²) < 4.78 is 0. The first-order valence-electron chi connectivity index (χ1n) is 4.66. The predicted molar refractivity (Wildman–Crippen MR) is 56.6 cm³/mol. The molecule has 0 atom stereocenters. The SMILES string of the molecule is Cc1cccc(C(=O)c2cccnc2)n1. The van der Waals surface area contributed by atoms with Crippen molar-refractivity contribution in [3.63, 3.8) is 0 Å². The summed E-state index contributed by atoms with van der Waals surface area (Å²) >= 11 is 0. The lowest BCUT2D eigenvalue weighted by Crippen LogP contribution is -2.04. The zero-order chi connectivity index (χ0) is 10.7. The fourth-order valence-electron chi connectivity index (χ4n) is 1.31. The van der Waals surface area contributed by atoms with Crippen LogP contribution in [-0.4, -0.2) is 15.8 Å². The minimum Gasteiger partial charge on any atom is -0.287 e. The van der Waals surface area contributed by atoms with E-state index in [1.807, 2.05) is 19.1 Å². The number of carbonyl (C=O) groups is 1. The highest BCUT2D eigenvalue weighted by Crippen LogP contribution is 2.06. The van der Waals surface area contributed by atoms with Gasteiger partial charge in [0.2, 0.25) is 5.78 Å². The first-order chi connectivity index (χ1) is 7.27. The summed E-state index contributed by atoms with van der Waals surface area (Å²) in [5, 5.41) is 0. The van der Waals surface area contributed by atoms with Gasteiger partial charge in [-0.1, -0.05) is 6.07 Å². The molecule has 0 aliphatic heterocycles. The molecule has 3 nitrogen and oxygen atoms in total. The van der Waals surface area contributed by atoms with Gasteiger partial charge >= 0.3 is 0 Å². The quantitative estimate of drug-likeness (QED) is 0.693. The Morgan fingerprint density at radius 2 is 2.07 bits per heavy atom. The lowest BCUT2D eigenvalue weighted by atomic mass is 10.1. The summed E-state index contributed by atoms with van der Waals surface area (Å²) in [5.74, 6) is -0.0909. The molecular weight excluding hydrogens is 188 g/mol. The Balaban J connectivity index is 2.37. The number of carbonyl (C=O) groups excluding carboxylic acids is 1. The van der Waals surface area contributed by atoms with Crippen molar-refractivity contribution < 1.29 is 4.79 Å². The normalized spacial score (nSPS) is 9.93. The number of aromatic nitrogens is 2. The van der Waals surface area contributed by atoms with Gasteiger partial charge in [-0.2, -0.15) is 0 Å². The van der Waals surface area contributed by atoms with Gasteiger partial charge in [-0.25, -0.2) is 4.98 Å². The molecule has 0 fully saturated rings. The van der Waals surface area contributed by atoms with Crippen LogP contribution in [0.2, 0.25) is 0 Å². The number of ketones is 1. The molecule has 0 amide bonds. The Hall–Kier alpha value is -2.03. The number of aryl methyl sites for hydroxylation is 1. The van der Waals surface area contributed by atoms with Gasteiger partial charge in [0.15, 0.2) is 0 Å². The van der Waals surface area contributed by atoms with Crippen LogP contribution in [0.15, 0.2) is 42.7 Å². The lowest BCUT2D eigenvalue weighted by molar-refractivity contribution is 0.103. The van der Waals surface area contributed by atoms with Gasteiger partial charge in [0.25, 0.3) is 0 Å². The first kappa shape index (κ1) is 9.52. The van der Waals surface area contributed by atoms with Crippen molar-refractivity contribution in [1.82, 2.24) is 9.97 Å². The largest absolute Gasteiger partial charge is 0.287 e. The van der Waals surface area contributed by atoms with E-state index in [1.165, 1.54) is 0 Å². The molecule has 2 aromatic heterocycles. The van der Waals surface area contributed by atoms with Gasteiger partial charge in [-0.3, -0.25) is 9.78 Å². The van der Waals surface area contributed by atoms with E-state index < -0.39 is 0 Å². The van der Waals surface area contributed by atoms with Crippen LogP contribution in [0.1, 0.15) is 21.7 Å². The van der Waals surface area contributed by atoms with Crippen LogP contribution in [0.3, 0.4) is 0 Å². The molecule has 0 saturated heterocycles. The summed E-state index contributed by atoms with van der Waals surface area (Å²) in [4.78, 5) is 20.0. The van der Waals surface area contributed by atoms with Gasteiger partial charge < -0.3 is 0 Å². The van der Waals surface area contributed by atoms with Crippen LogP contribution >= 0.6 is 0 Å². The average molecular weight is 198 g/mol. The fourth-order valence-corrected chi connectivity index (χ4v) is 1.31. The van der Waals surface area contributed by atoms with E-state index in [0.717, 1.165) is 5.69 Å². The lowest BCUT2D eigenvalue weighted by Gasteiger charge is -2.00. The number of hydrogen-bond acceptors (Lipinski definition) is 3. The van der Waals surface area contributed by atoms with Crippen LogP contribution in [0.25, 0.3) is 0 Å². The van der Waals surface area contributed by atoms with Gasteiger partial charge in [0.05, 0.1) is 0 Å². The Morgan fingerprint density at radius 3 is 2.73 bits per heavy atom. The molecule has 0 aliphatic carbocycles. The monoisotopic (exact) mass is 198 g/mol. The molecule has 2 heterocycles. The van der Waals surface area contributed by atoms with Crippen LogP contribution < -0.4 is 0 Å². The number of nitrogens with zero attached hydrogens (tertiary/aromatic N) is 2. The van der Waals surface area contributed by atoms with E-state index in [1.54, 1.807) is 30.6 Å². The summed E-state index contributed by atoms with van der Waals surface area (Å²) in [6, 6.07) is 8.87. The molecule has 0 bridgehead atoms. The molecule has 15 heavy (non-hydrogen) atoms. The molecule has 2 rings (SSSR count). The minimum atomic E-state index is -0.0909. The highest BCUT2D eigenvalue weighted by atomic mass is 16.1. The molecule has 3 heteroatoms. The van der Waals surface area contributed by atoms with E-state index in [2.05, 4.69) is 9.97 Å². The standard InChI is InChI=1S/C12H10N2O/c1-9-4-2-6-11(14-9)12(15)10-5-3-7-13-8-10/h2-8H,1H3. The Kier molecular flexibility index (Phi) is 2.54. The Bertz CT molecular complexity index is 480. The molecule has 0 saturated carbocycles. The van der Waals surface area contributed by atoms with Crippen molar-refractivity contribution in [1.29, 1.82) is 0 Å². The first-order valence-corrected chi connectivity index (χ1v) is 4.66. The highest BCUT2D eigenvalue weighted by Gasteiger charge is 2.09. The fraction of sp³-hybridized carbons (Fsp3) is 0.0833. The van der Waals surface area contributed by atoms with Crippen LogP contribution in [0.4, 0.5) is 0 Å². The molecule has 0 unspecified atom stereocenters. The van der Waals surface area contributed by atoms with Gasteiger partial charge in [0.1, 0.15) is 5.69 Å². The van der Waals surface area contributed by atoms with Crippen LogP contribution in [0.5, 0.6) is 0 Å². The molecule has 0 N–H and O–H groups in total. The van der Waals surface area contributed by atoms with E-state index in [0.29, 0.717) is 11.3 Å². The molecule has 0 aromatic carbocycles. The molecule has 74 valence electrons. The van der Waals surface area contributed by atoms with Gasteiger partial charge in [-0.05, 0) is 31.2 Å². The van der Waals surface area contributed by atoms with E-state index in [4.69, 9.17) is 0 Å². The second-order valence-electron chi connectivity index (χ2n) is 3.24. The summed E-state index contributed by atoms with van der Waals surface area (Å²) in [6.07, 6.45) is 3.19. The zero-order valence-corrected chi connectivity index (χ0v) is 8.34. The van der Waals surface area contributed by atoms with Crippen molar-refractivity contribution in [2.45, 2.75) is 6.92 Å². The second kappa shape index (κ2) is 4.00. The van der Waals surface area contributed by atoms with Crippen molar-refractivity contribution >= 4 is 5.78 Å². The maximum Gasteiger partial charge on any atom is 0.212 e. The topological polar surface area (TPSA) is 42.9 Å². The van der Waals surface area contributed by atoms with Crippen molar-refractivity contribution in [3.8, 4) is 0 Å². The van der Waals surface area contributed by atoms with Crippen molar-refractivity contribution in [3.05, 3.63) is 59.7 Å². The van der Waals surface area contributed by atoms with Gasteiger partial charge in [0, 0.05) is 23.7 Å². The molecule has 2 aromatic rings. The number of rotatable bonds is 2. The highest BCUT2D eigenvalue weighted by molar-refractivity contribution is 6.07. The Labute approximate surface area is 87.8 Å². The summed E-state index contributed by atoms with van der Waals surface area (Å²) in [5.41, 5.74) is 1.86. The van der Waals surface area contributed by atoms with Crippen molar-refractivity contribution in [2.75, 3.05) is 0 Å².